The molecule has 0 saturated heterocycles. The number of anilines is 1. The van der Waals surface area contributed by atoms with Crippen molar-refractivity contribution >= 4 is 39.1 Å². The van der Waals surface area contributed by atoms with Gasteiger partial charge in [-0.25, -0.2) is 8.42 Å². The third kappa shape index (κ3) is 7.99. The summed E-state index contributed by atoms with van der Waals surface area (Å²) in [4.78, 5) is 28.4. The van der Waals surface area contributed by atoms with E-state index in [2.05, 4.69) is 5.32 Å². The zero-order chi connectivity index (χ0) is 29.3. The lowest BCUT2D eigenvalue weighted by Gasteiger charge is -2.32. The van der Waals surface area contributed by atoms with Gasteiger partial charge in [0.25, 0.3) is 10.0 Å². The smallest absolute Gasteiger partial charge is 0.264 e. The van der Waals surface area contributed by atoms with Gasteiger partial charge in [0.2, 0.25) is 11.8 Å². The number of hydrogen-bond donors (Lipinski definition) is 1. The van der Waals surface area contributed by atoms with Crippen molar-refractivity contribution in [1.82, 2.24) is 10.2 Å². The quantitative estimate of drug-likeness (QED) is 0.295. The summed E-state index contributed by atoms with van der Waals surface area (Å²) in [7, 11) is -4.15. The first kappa shape index (κ1) is 31.0. The third-order valence-corrected chi connectivity index (χ3v) is 8.52. The minimum atomic E-state index is -4.15. The third-order valence-electron chi connectivity index (χ3n) is 6.48. The molecule has 3 aromatic carbocycles. The van der Waals surface area contributed by atoms with Crippen LogP contribution in [0.2, 0.25) is 5.02 Å². The van der Waals surface area contributed by atoms with Gasteiger partial charge in [-0.2, -0.15) is 0 Å². The Bertz CT molecular complexity index is 1370. The maximum atomic E-state index is 13.9. The number of benzene rings is 3. The zero-order valence-corrected chi connectivity index (χ0v) is 24.8. The second-order valence-electron chi connectivity index (χ2n) is 9.39. The highest BCUT2D eigenvalue weighted by molar-refractivity contribution is 7.92. The number of carbonyl (C=O) groups excluding carboxylic acids is 2. The van der Waals surface area contributed by atoms with Gasteiger partial charge in [0.1, 0.15) is 18.3 Å². The van der Waals surface area contributed by atoms with Crippen LogP contribution in [0.25, 0.3) is 0 Å². The standard InChI is InChI=1S/C30H36ClN3O5S/c1-5-22(3)32-30(36)23(4)33(20-24-12-14-25(31)15-13-24)29(35)21-34(26-10-8-7-9-11-26)40(37,38)28-18-16-27(17-19-28)39-6-2/h7-19,22-23H,5-6,20-21H2,1-4H3,(H,32,36). The molecule has 10 heteroatoms. The summed E-state index contributed by atoms with van der Waals surface area (Å²) >= 11 is 6.04. The second kappa shape index (κ2) is 14.2. The minimum absolute atomic E-state index is 0.0134. The Morgan fingerprint density at radius 2 is 1.55 bits per heavy atom. The van der Waals surface area contributed by atoms with E-state index in [1.165, 1.54) is 17.0 Å². The number of sulfonamides is 1. The lowest BCUT2D eigenvalue weighted by Crippen LogP contribution is -2.52. The van der Waals surface area contributed by atoms with Crippen LogP contribution in [0.5, 0.6) is 5.75 Å². The molecule has 0 saturated carbocycles. The summed E-state index contributed by atoms with van der Waals surface area (Å²) in [6, 6.07) is 20.5. The zero-order valence-electron chi connectivity index (χ0n) is 23.2. The van der Waals surface area contributed by atoms with Crippen molar-refractivity contribution in [2.24, 2.45) is 0 Å². The van der Waals surface area contributed by atoms with Crippen LogP contribution in [0.3, 0.4) is 0 Å². The molecular formula is C30H36ClN3O5S. The number of nitrogens with zero attached hydrogens (tertiary/aromatic N) is 2. The Morgan fingerprint density at radius 3 is 2.12 bits per heavy atom. The molecule has 2 unspecified atom stereocenters. The van der Waals surface area contributed by atoms with E-state index in [4.69, 9.17) is 16.3 Å². The molecule has 214 valence electrons. The van der Waals surface area contributed by atoms with Gasteiger partial charge < -0.3 is 15.0 Å². The first-order valence-electron chi connectivity index (χ1n) is 13.2. The van der Waals surface area contributed by atoms with Gasteiger partial charge in [-0.15, -0.1) is 0 Å². The van der Waals surface area contributed by atoms with Gasteiger partial charge in [0, 0.05) is 17.6 Å². The molecule has 3 rings (SSSR count). The highest BCUT2D eigenvalue weighted by Gasteiger charge is 2.32. The molecule has 3 aromatic rings. The van der Waals surface area contributed by atoms with Gasteiger partial charge >= 0.3 is 0 Å². The summed E-state index contributed by atoms with van der Waals surface area (Å²) in [6.07, 6.45) is 0.728. The van der Waals surface area contributed by atoms with Crippen LogP contribution < -0.4 is 14.4 Å². The summed E-state index contributed by atoms with van der Waals surface area (Å²) < 4.78 is 34.2. The fourth-order valence-electron chi connectivity index (χ4n) is 3.96. The molecule has 8 nitrogen and oxygen atoms in total. The van der Waals surface area contributed by atoms with Crippen LogP contribution in [-0.2, 0) is 26.2 Å². The Hall–Kier alpha value is -3.56. The van der Waals surface area contributed by atoms with Crippen LogP contribution in [0.15, 0.2) is 83.8 Å². The van der Waals surface area contributed by atoms with E-state index < -0.39 is 28.5 Å². The summed E-state index contributed by atoms with van der Waals surface area (Å²) in [5.74, 6) is -0.309. The van der Waals surface area contributed by atoms with E-state index >= 15 is 0 Å². The topological polar surface area (TPSA) is 96.0 Å². The fraction of sp³-hybridized carbons (Fsp3) is 0.333. The maximum absolute atomic E-state index is 13.9. The van der Waals surface area contributed by atoms with Crippen LogP contribution >= 0.6 is 11.6 Å². The molecule has 40 heavy (non-hydrogen) atoms. The number of ether oxygens (including phenoxy) is 1. The van der Waals surface area contributed by atoms with Crippen molar-refractivity contribution < 1.29 is 22.7 Å². The number of para-hydroxylation sites is 1. The average molecular weight is 586 g/mol. The number of rotatable bonds is 13. The molecule has 0 aliphatic rings. The van der Waals surface area contributed by atoms with Crippen LogP contribution in [0, 0.1) is 0 Å². The summed E-state index contributed by atoms with van der Waals surface area (Å²) in [5, 5.41) is 3.46. The van der Waals surface area contributed by atoms with Gasteiger partial charge in [-0.1, -0.05) is 48.9 Å². The predicted molar refractivity (Wildman–Crippen MR) is 158 cm³/mol. The Kier molecular flexibility index (Phi) is 11.0. The molecule has 0 aliphatic heterocycles. The molecule has 0 aliphatic carbocycles. The lowest BCUT2D eigenvalue weighted by molar-refractivity contribution is -0.139. The van der Waals surface area contributed by atoms with Crippen molar-refractivity contribution in [3.8, 4) is 5.75 Å². The molecule has 1 N–H and O–H groups in total. The van der Waals surface area contributed by atoms with Gasteiger partial charge in [0.15, 0.2) is 0 Å². The highest BCUT2D eigenvalue weighted by atomic mass is 35.5. The van der Waals surface area contributed by atoms with Crippen molar-refractivity contribution in [1.29, 1.82) is 0 Å². The van der Waals surface area contributed by atoms with E-state index in [0.29, 0.717) is 23.1 Å². The van der Waals surface area contributed by atoms with Crippen molar-refractivity contribution in [2.75, 3.05) is 17.5 Å². The molecule has 0 spiro atoms. The monoisotopic (exact) mass is 585 g/mol. The lowest BCUT2D eigenvalue weighted by atomic mass is 10.1. The van der Waals surface area contributed by atoms with E-state index in [-0.39, 0.29) is 23.4 Å². The summed E-state index contributed by atoms with van der Waals surface area (Å²) in [5.41, 5.74) is 1.08. The van der Waals surface area contributed by atoms with Crippen molar-refractivity contribution in [3.63, 3.8) is 0 Å². The van der Waals surface area contributed by atoms with Gasteiger partial charge in [-0.05, 0) is 81.3 Å². The van der Waals surface area contributed by atoms with E-state index in [0.717, 1.165) is 16.3 Å². The first-order chi connectivity index (χ1) is 19.1. The largest absolute Gasteiger partial charge is 0.494 e. The number of carbonyl (C=O) groups is 2. The fourth-order valence-corrected chi connectivity index (χ4v) is 5.50. The SMILES string of the molecule is CCOc1ccc(S(=O)(=O)N(CC(=O)N(Cc2ccc(Cl)cc2)C(C)C(=O)NC(C)CC)c2ccccc2)cc1. The number of halogens is 1. The van der Waals surface area contributed by atoms with Crippen LogP contribution in [0.1, 0.15) is 39.7 Å². The predicted octanol–water partition coefficient (Wildman–Crippen LogP) is 5.27. The molecule has 2 amide bonds. The molecular weight excluding hydrogens is 550 g/mol. The number of amides is 2. The van der Waals surface area contributed by atoms with E-state index in [1.807, 2.05) is 20.8 Å². The Morgan fingerprint density at radius 1 is 0.925 bits per heavy atom. The van der Waals surface area contributed by atoms with Gasteiger partial charge in [-0.3, -0.25) is 13.9 Å². The second-order valence-corrected chi connectivity index (χ2v) is 11.7. The van der Waals surface area contributed by atoms with Crippen molar-refractivity contribution in [3.05, 3.63) is 89.4 Å². The minimum Gasteiger partial charge on any atom is -0.494 e. The molecule has 0 fully saturated rings. The summed E-state index contributed by atoms with van der Waals surface area (Å²) in [6.45, 7) is 7.35. The number of hydrogen-bond acceptors (Lipinski definition) is 5. The van der Waals surface area contributed by atoms with Crippen LogP contribution in [-0.4, -0.2) is 50.4 Å². The molecule has 0 heterocycles. The van der Waals surface area contributed by atoms with Crippen molar-refractivity contribution in [2.45, 2.75) is 57.6 Å². The Labute approximate surface area is 241 Å². The average Bonchev–Trinajstić information content (AvgIpc) is 2.95. The number of nitrogens with one attached hydrogen (secondary N) is 1. The van der Waals surface area contributed by atoms with E-state index in [1.54, 1.807) is 73.7 Å². The van der Waals surface area contributed by atoms with Crippen LogP contribution in [0.4, 0.5) is 5.69 Å². The maximum Gasteiger partial charge on any atom is 0.264 e. The normalized spacial score (nSPS) is 12.7. The Balaban J connectivity index is 1.98. The van der Waals surface area contributed by atoms with E-state index in [9.17, 15) is 18.0 Å². The molecule has 2 atom stereocenters. The first-order valence-corrected chi connectivity index (χ1v) is 15.0. The molecule has 0 aromatic heterocycles. The van der Waals surface area contributed by atoms with Gasteiger partial charge in [0.05, 0.1) is 17.2 Å². The molecule has 0 bridgehead atoms. The molecule has 0 radical (unpaired) electrons. The highest BCUT2D eigenvalue weighted by Crippen LogP contribution is 2.26.